The van der Waals surface area contributed by atoms with Gasteiger partial charge in [-0.2, -0.15) is 5.26 Å². The molecule has 0 fully saturated rings. The molecule has 0 bridgehead atoms. The lowest BCUT2D eigenvalue weighted by Gasteiger charge is -2.21. The molecule has 4 nitrogen and oxygen atoms in total. The average Bonchev–Trinajstić information content (AvgIpc) is 2.51. The molecule has 0 amide bonds. The summed E-state index contributed by atoms with van der Waals surface area (Å²) in [5, 5.41) is 10.3. The van der Waals surface area contributed by atoms with E-state index in [2.05, 4.69) is 22.8 Å². The van der Waals surface area contributed by atoms with Crippen LogP contribution in [0.2, 0.25) is 0 Å². The fraction of sp³-hybridized carbons (Fsp3) is 0.188. The standard InChI is InChI=1S/C16H16N4/c1-4-14(18-2)11-20(3)16-13(10-17)8-7-12-6-5-9-19-15(12)16/h4-9H,2,11H2,1,3H3/b14-4-. The summed E-state index contributed by atoms with van der Waals surface area (Å²) in [6.07, 6.45) is 3.65. The van der Waals surface area contributed by atoms with Gasteiger partial charge in [-0.05, 0) is 25.8 Å². The van der Waals surface area contributed by atoms with Crippen molar-refractivity contribution in [2.75, 3.05) is 18.5 Å². The molecule has 0 radical (unpaired) electrons. The normalized spacial score (nSPS) is 11.2. The Morgan fingerprint density at radius 2 is 2.30 bits per heavy atom. The number of benzene rings is 1. The molecule has 2 aromatic rings. The lowest BCUT2D eigenvalue weighted by Crippen LogP contribution is -2.21. The zero-order chi connectivity index (χ0) is 14.5. The SMILES string of the molecule is C=N/C(=C\C)CN(C)c1c(C#N)ccc2cccnc12. The molecule has 0 aliphatic carbocycles. The fourth-order valence-electron chi connectivity index (χ4n) is 2.16. The second-order valence-corrected chi connectivity index (χ2v) is 4.44. The third-order valence-electron chi connectivity index (χ3n) is 3.19. The van der Waals surface area contributed by atoms with E-state index in [1.54, 1.807) is 6.20 Å². The van der Waals surface area contributed by atoms with Gasteiger partial charge in [0.25, 0.3) is 0 Å². The number of rotatable bonds is 4. The van der Waals surface area contributed by atoms with Crippen LogP contribution >= 0.6 is 0 Å². The van der Waals surface area contributed by atoms with Gasteiger partial charge in [0.1, 0.15) is 6.07 Å². The van der Waals surface area contributed by atoms with E-state index in [0.29, 0.717) is 12.1 Å². The first-order valence-corrected chi connectivity index (χ1v) is 6.32. The van der Waals surface area contributed by atoms with Gasteiger partial charge in [0, 0.05) is 18.6 Å². The van der Waals surface area contributed by atoms with Crippen LogP contribution in [-0.4, -0.2) is 25.3 Å². The van der Waals surface area contributed by atoms with Gasteiger partial charge >= 0.3 is 0 Å². The van der Waals surface area contributed by atoms with Crippen molar-refractivity contribution < 1.29 is 0 Å². The van der Waals surface area contributed by atoms with E-state index in [1.807, 2.05) is 49.2 Å². The van der Waals surface area contributed by atoms with Gasteiger partial charge in [0.2, 0.25) is 0 Å². The number of aromatic nitrogens is 1. The van der Waals surface area contributed by atoms with Gasteiger partial charge in [0.15, 0.2) is 0 Å². The van der Waals surface area contributed by atoms with Gasteiger partial charge in [-0.15, -0.1) is 0 Å². The third kappa shape index (κ3) is 2.52. The molecule has 4 heteroatoms. The molecule has 0 atom stereocenters. The summed E-state index contributed by atoms with van der Waals surface area (Å²) < 4.78 is 0. The Balaban J connectivity index is 2.56. The number of aliphatic imine (C=N–C) groups is 1. The summed E-state index contributed by atoms with van der Waals surface area (Å²) in [6.45, 7) is 6.07. The van der Waals surface area contributed by atoms with Crippen molar-refractivity contribution in [1.29, 1.82) is 5.26 Å². The Labute approximate surface area is 118 Å². The molecule has 0 saturated carbocycles. The Morgan fingerprint density at radius 3 is 2.95 bits per heavy atom. The van der Waals surface area contributed by atoms with E-state index in [-0.39, 0.29) is 0 Å². The number of nitrogens with zero attached hydrogens (tertiary/aromatic N) is 4. The van der Waals surface area contributed by atoms with Crippen molar-refractivity contribution in [3.63, 3.8) is 0 Å². The van der Waals surface area contributed by atoms with Crippen molar-refractivity contribution in [1.82, 2.24) is 4.98 Å². The number of allylic oxidation sites excluding steroid dienone is 1. The Hall–Kier alpha value is -2.67. The summed E-state index contributed by atoms with van der Waals surface area (Å²) in [7, 11) is 1.93. The van der Waals surface area contributed by atoms with Crippen molar-refractivity contribution in [3.8, 4) is 6.07 Å². The highest BCUT2D eigenvalue weighted by Crippen LogP contribution is 2.28. The Kier molecular flexibility index (Phi) is 4.11. The van der Waals surface area contributed by atoms with Crippen LogP contribution in [0.15, 0.2) is 47.2 Å². The molecule has 1 aromatic heterocycles. The van der Waals surface area contributed by atoms with Gasteiger partial charge in [-0.25, -0.2) is 0 Å². The molecular weight excluding hydrogens is 248 g/mol. The van der Waals surface area contributed by atoms with E-state index in [9.17, 15) is 5.26 Å². The highest BCUT2D eigenvalue weighted by atomic mass is 15.1. The molecule has 0 unspecified atom stereocenters. The number of pyridine rings is 1. The molecule has 100 valence electrons. The number of hydrogen-bond donors (Lipinski definition) is 0. The second-order valence-electron chi connectivity index (χ2n) is 4.44. The minimum Gasteiger partial charge on any atom is -0.366 e. The quantitative estimate of drug-likeness (QED) is 0.797. The highest BCUT2D eigenvalue weighted by molar-refractivity contribution is 5.93. The molecular formula is C16H16N4. The smallest absolute Gasteiger partial charge is 0.101 e. The summed E-state index contributed by atoms with van der Waals surface area (Å²) in [5.74, 6) is 0. The van der Waals surface area contributed by atoms with E-state index >= 15 is 0 Å². The fourth-order valence-corrected chi connectivity index (χ4v) is 2.16. The summed E-state index contributed by atoms with van der Waals surface area (Å²) in [4.78, 5) is 10.4. The van der Waals surface area contributed by atoms with Crippen LogP contribution in [0.25, 0.3) is 10.9 Å². The van der Waals surface area contributed by atoms with Crippen LogP contribution in [0.3, 0.4) is 0 Å². The average molecular weight is 264 g/mol. The zero-order valence-electron chi connectivity index (χ0n) is 11.7. The summed E-state index contributed by atoms with van der Waals surface area (Å²) in [6, 6.07) is 9.85. The van der Waals surface area contributed by atoms with Crippen LogP contribution in [0.1, 0.15) is 12.5 Å². The highest BCUT2D eigenvalue weighted by Gasteiger charge is 2.13. The lowest BCUT2D eigenvalue weighted by atomic mass is 10.1. The van der Waals surface area contributed by atoms with E-state index in [1.165, 1.54) is 0 Å². The molecule has 0 spiro atoms. The van der Waals surface area contributed by atoms with Crippen LogP contribution in [0.5, 0.6) is 0 Å². The predicted molar refractivity (Wildman–Crippen MR) is 83.0 cm³/mol. The summed E-state index contributed by atoms with van der Waals surface area (Å²) in [5.41, 5.74) is 3.13. The number of anilines is 1. The second kappa shape index (κ2) is 5.98. The molecule has 2 rings (SSSR count). The maximum Gasteiger partial charge on any atom is 0.101 e. The van der Waals surface area contributed by atoms with Crippen molar-refractivity contribution >= 4 is 23.3 Å². The third-order valence-corrected chi connectivity index (χ3v) is 3.19. The molecule has 0 aliphatic rings. The minimum absolute atomic E-state index is 0.588. The molecule has 0 N–H and O–H groups in total. The molecule has 1 heterocycles. The number of likely N-dealkylation sites (N-methyl/N-ethyl adjacent to an activating group) is 1. The number of hydrogen-bond acceptors (Lipinski definition) is 4. The molecule has 20 heavy (non-hydrogen) atoms. The van der Waals surface area contributed by atoms with Crippen LogP contribution in [0, 0.1) is 11.3 Å². The Morgan fingerprint density at radius 1 is 1.50 bits per heavy atom. The first-order valence-electron chi connectivity index (χ1n) is 6.32. The zero-order valence-corrected chi connectivity index (χ0v) is 11.7. The molecule has 1 aromatic carbocycles. The van der Waals surface area contributed by atoms with Crippen molar-refractivity contribution in [2.45, 2.75) is 6.92 Å². The lowest BCUT2D eigenvalue weighted by molar-refractivity contribution is 0.969. The van der Waals surface area contributed by atoms with Gasteiger partial charge in [0.05, 0.1) is 29.0 Å². The Bertz CT molecular complexity index is 710. The number of nitriles is 1. The van der Waals surface area contributed by atoms with Crippen LogP contribution in [-0.2, 0) is 0 Å². The first kappa shape index (κ1) is 13.8. The minimum atomic E-state index is 0.588. The van der Waals surface area contributed by atoms with Gasteiger partial charge < -0.3 is 4.90 Å². The maximum atomic E-state index is 9.32. The number of fused-ring (bicyclic) bond motifs is 1. The van der Waals surface area contributed by atoms with E-state index in [4.69, 9.17) is 0 Å². The van der Waals surface area contributed by atoms with Crippen molar-refractivity contribution in [2.24, 2.45) is 4.99 Å². The van der Waals surface area contributed by atoms with Crippen LogP contribution in [0.4, 0.5) is 5.69 Å². The topological polar surface area (TPSA) is 52.3 Å². The van der Waals surface area contributed by atoms with Crippen LogP contribution < -0.4 is 4.90 Å². The summed E-state index contributed by atoms with van der Waals surface area (Å²) >= 11 is 0. The van der Waals surface area contributed by atoms with Gasteiger partial charge in [-0.3, -0.25) is 9.98 Å². The maximum absolute atomic E-state index is 9.32. The predicted octanol–water partition coefficient (Wildman–Crippen LogP) is 3.15. The van der Waals surface area contributed by atoms with Gasteiger partial charge in [-0.1, -0.05) is 18.2 Å². The molecule has 0 aliphatic heterocycles. The molecule has 0 saturated heterocycles. The van der Waals surface area contributed by atoms with Crippen molar-refractivity contribution in [3.05, 3.63) is 47.8 Å². The van der Waals surface area contributed by atoms with E-state index in [0.717, 1.165) is 22.3 Å². The first-order chi connectivity index (χ1) is 9.71. The largest absolute Gasteiger partial charge is 0.366 e. The van der Waals surface area contributed by atoms with E-state index < -0.39 is 0 Å². The monoisotopic (exact) mass is 264 g/mol.